The van der Waals surface area contributed by atoms with Crippen molar-refractivity contribution in [3.63, 3.8) is 0 Å². The van der Waals surface area contributed by atoms with E-state index >= 15 is 0 Å². The van der Waals surface area contributed by atoms with E-state index in [1.165, 1.54) is 38.9 Å². The molecule has 1 aliphatic carbocycles. The summed E-state index contributed by atoms with van der Waals surface area (Å²) in [6.45, 7) is 0. The maximum atomic E-state index is 5.27. The van der Waals surface area contributed by atoms with Crippen molar-refractivity contribution in [3.05, 3.63) is 235 Å². The molecular weight excluding hydrogens is 691 g/mol. The molecule has 9 aromatic carbocycles. The van der Waals surface area contributed by atoms with Crippen molar-refractivity contribution in [2.24, 2.45) is 0 Å². The van der Waals surface area contributed by atoms with Crippen LogP contribution >= 0.6 is 0 Å². The highest BCUT2D eigenvalue weighted by atomic mass is 15.0. The summed E-state index contributed by atoms with van der Waals surface area (Å²) in [5.41, 5.74) is 12.2. The second-order valence-electron chi connectivity index (χ2n) is 14.7. The largest absolute Gasteiger partial charge is 0.208 e. The fourth-order valence-electron chi connectivity index (χ4n) is 9.16. The molecule has 0 N–H and O–H groups in total. The van der Waals surface area contributed by atoms with Gasteiger partial charge in [0.05, 0.1) is 5.41 Å². The van der Waals surface area contributed by atoms with Gasteiger partial charge < -0.3 is 0 Å². The molecule has 1 aromatic heterocycles. The third-order valence-electron chi connectivity index (χ3n) is 11.6. The Morgan fingerprint density at radius 1 is 0.298 bits per heavy atom. The lowest BCUT2D eigenvalue weighted by molar-refractivity contribution is 0.770. The lowest BCUT2D eigenvalue weighted by Crippen LogP contribution is -2.29. The smallest absolute Gasteiger partial charge is 0.164 e. The molecule has 0 radical (unpaired) electrons. The Morgan fingerprint density at radius 3 is 1.39 bits per heavy atom. The van der Waals surface area contributed by atoms with Gasteiger partial charge in [0.2, 0.25) is 0 Å². The highest BCUT2D eigenvalue weighted by Gasteiger charge is 2.47. The summed E-state index contributed by atoms with van der Waals surface area (Å²) < 4.78 is 0. The summed E-state index contributed by atoms with van der Waals surface area (Å²) in [6, 6.07) is 75.9. The molecule has 10 aromatic rings. The van der Waals surface area contributed by atoms with Gasteiger partial charge in [0, 0.05) is 16.7 Å². The van der Waals surface area contributed by atoms with Gasteiger partial charge in [-0.25, -0.2) is 15.0 Å². The van der Waals surface area contributed by atoms with Crippen LogP contribution in [0.2, 0.25) is 0 Å². The third-order valence-corrected chi connectivity index (χ3v) is 11.6. The second-order valence-corrected chi connectivity index (χ2v) is 14.7. The summed E-state index contributed by atoms with van der Waals surface area (Å²) in [4.78, 5) is 15.8. The van der Waals surface area contributed by atoms with Gasteiger partial charge in [-0.2, -0.15) is 0 Å². The van der Waals surface area contributed by atoms with Gasteiger partial charge in [0.15, 0.2) is 17.5 Å². The SMILES string of the molecule is c1ccc(C2(c3ccccc3)c3ccccc3-c3cccc(-c4cccc(-c5nc(-c6cccc7ccccc67)nc(-c6cccc7ccccc67)n5)c4)c32)cc1. The molecular formula is C54H35N3. The monoisotopic (exact) mass is 725 g/mol. The van der Waals surface area contributed by atoms with E-state index < -0.39 is 5.41 Å². The van der Waals surface area contributed by atoms with E-state index in [4.69, 9.17) is 15.0 Å². The standard InChI is InChI=1S/C54H35N3/c1-3-23-40(24-4-1)54(41-25-5-2-6-26-41)49-34-12-11-29-45(49)46-31-16-30-44(50(46)54)38-21-13-22-39(35-38)51-55-52(47-32-14-19-36-17-7-9-27-42(36)47)57-53(56-51)48-33-15-20-37-18-8-10-28-43(37)48/h1-35H. The van der Waals surface area contributed by atoms with Crippen LogP contribution in [0.25, 0.3) is 78.0 Å². The molecule has 3 nitrogen and oxygen atoms in total. The molecule has 11 rings (SSSR count). The molecule has 0 saturated heterocycles. The minimum absolute atomic E-state index is 0.530. The Kier molecular flexibility index (Phi) is 7.71. The first kappa shape index (κ1) is 32.9. The Hall–Kier alpha value is -7.49. The highest BCUT2D eigenvalue weighted by molar-refractivity contribution is 5.98. The van der Waals surface area contributed by atoms with E-state index in [1.54, 1.807) is 0 Å². The molecule has 0 amide bonds. The quantitative estimate of drug-likeness (QED) is 0.171. The number of aromatic nitrogens is 3. The van der Waals surface area contributed by atoms with Gasteiger partial charge in [-0.05, 0) is 72.1 Å². The van der Waals surface area contributed by atoms with Crippen molar-refractivity contribution < 1.29 is 0 Å². The first-order chi connectivity index (χ1) is 28.3. The van der Waals surface area contributed by atoms with Gasteiger partial charge in [-0.3, -0.25) is 0 Å². The van der Waals surface area contributed by atoms with Crippen LogP contribution < -0.4 is 0 Å². The van der Waals surface area contributed by atoms with Crippen LogP contribution in [0.1, 0.15) is 22.3 Å². The fraction of sp³-hybridized carbons (Fsp3) is 0.0185. The lowest BCUT2D eigenvalue weighted by Gasteiger charge is -2.35. The molecule has 0 saturated carbocycles. The van der Waals surface area contributed by atoms with Crippen LogP contribution in [-0.4, -0.2) is 15.0 Å². The molecule has 3 heteroatoms. The highest BCUT2D eigenvalue weighted by Crippen LogP contribution is 2.58. The lowest BCUT2D eigenvalue weighted by atomic mass is 9.66. The van der Waals surface area contributed by atoms with Crippen LogP contribution in [0.4, 0.5) is 0 Å². The van der Waals surface area contributed by atoms with Crippen molar-refractivity contribution in [3.8, 4) is 56.4 Å². The summed E-state index contributed by atoms with van der Waals surface area (Å²) >= 11 is 0. The number of fused-ring (bicyclic) bond motifs is 5. The Bertz CT molecular complexity index is 2990. The Morgan fingerprint density at radius 2 is 0.737 bits per heavy atom. The van der Waals surface area contributed by atoms with E-state index in [0.717, 1.165) is 43.8 Å². The summed E-state index contributed by atoms with van der Waals surface area (Å²) in [5, 5.41) is 4.49. The molecule has 1 heterocycles. The molecule has 0 aliphatic heterocycles. The molecule has 1 aliphatic rings. The van der Waals surface area contributed by atoms with Crippen molar-refractivity contribution >= 4 is 21.5 Å². The Labute approximate surface area is 331 Å². The number of hydrogen-bond donors (Lipinski definition) is 0. The number of nitrogens with zero attached hydrogens (tertiary/aromatic N) is 3. The zero-order valence-corrected chi connectivity index (χ0v) is 31.0. The zero-order chi connectivity index (χ0) is 37.8. The average Bonchev–Trinajstić information content (AvgIpc) is 3.60. The van der Waals surface area contributed by atoms with Crippen molar-refractivity contribution in [2.45, 2.75) is 5.41 Å². The van der Waals surface area contributed by atoms with Crippen LogP contribution in [0.5, 0.6) is 0 Å². The van der Waals surface area contributed by atoms with E-state index in [2.05, 4.69) is 212 Å². The maximum Gasteiger partial charge on any atom is 0.164 e. The molecule has 0 bridgehead atoms. The number of hydrogen-bond acceptors (Lipinski definition) is 3. The van der Waals surface area contributed by atoms with E-state index in [9.17, 15) is 0 Å². The van der Waals surface area contributed by atoms with Crippen LogP contribution in [0.15, 0.2) is 212 Å². The molecule has 266 valence electrons. The van der Waals surface area contributed by atoms with Gasteiger partial charge in [-0.1, -0.05) is 206 Å². The van der Waals surface area contributed by atoms with Crippen LogP contribution in [0, 0.1) is 0 Å². The number of benzene rings is 9. The fourth-order valence-corrected chi connectivity index (χ4v) is 9.16. The second kappa shape index (κ2) is 13.4. The van der Waals surface area contributed by atoms with Crippen LogP contribution in [-0.2, 0) is 5.41 Å². The predicted molar refractivity (Wildman–Crippen MR) is 234 cm³/mol. The predicted octanol–water partition coefficient (Wildman–Crippen LogP) is 13.2. The summed E-state index contributed by atoms with van der Waals surface area (Å²) in [7, 11) is 0. The van der Waals surface area contributed by atoms with E-state index in [0.29, 0.717) is 17.5 Å². The van der Waals surface area contributed by atoms with Crippen molar-refractivity contribution in [1.29, 1.82) is 0 Å². The van der Waals surface area contributed by atoms with Gasteiger partial charge in [-0.15, -0.1) is 0 Å². The number of rotatable bonds is 6. The van der Waals surface area contributed by atoms with Gasteiger partial charge >= 0.3 is 0 Å². The van der Waals surface area contributed by atoms with Crippen LogP contribution in [0.3, 0.4) is 0 Å². The topological polar surface area (TPSA) is 38.7 Å². The minimum Gasteiger partial charge on any atom is -0.208 e. The van der Waals surface area contributed by atoms with Gasteiger partial charge in [0.1, 0.15) is 0 Å². The minimum atomic E-state index is -0.530. The molecule has 0 spiro atoms. The van der Waals surface area contributed by atoms with Crippen molar-refractivity contribution in [1.82, 2.24) is 15.0 Å². The first-order valence-electron chi connectivity index (χ1n) is 19.4. The summed E-state index contributed by atoms with van der Waals surface area (Å²) in [6.07, 6.45) is 0. The van der Waals surface area contributed by atoms with E-state index in [1.807, 2.05) is 0 Å². The molecule has 0 fully saturated rings. The van der Waals surface area contributed by atoms with Crippen molar-refractivity contribution in [2.75, 3.05) is 0 Å². The van der Waals surface area contributed by atoms with E-state index in [-0.39, 0.29) is 0 Å². The average molecular weight is 726 g/mol. The maximum absolute atomic E-state index is 5.27. The van der Waals surface area contributed by atoms with Gasteiger partial charge in [0.25, 0.3) is 0 Å². The normalized spacial score (nSPS) is 12.7. The summed E-state index contributed by atoms with van der Waals surface area (Å²) in [5.74, 6) is 1.92. The first-order valence-corrected chi connectivity index (χ1v) is 19.4. The molecule has 0 atom stereocenters. The Balaban J connectivity index is 1.15. The zero-order valence-electron chi connectivity index (χ0n) is 31.0. The molecule has 0 unspecified atom stereocenters. The third kappa shape index (κ3) is 5.24. The molecule has 57 heavy (non-hydrogen) atoms.